The summed E-state index contributed by atoms with van der Waals surface area (Å²) >= 11 is 0. The van der Waals surface area contributed by atoms with E-state index in [4.69, 9.17) is 4.74 Å². The average molecular weight is 595 g/mol. The van der Waals surface area contributed by atoms with Gasteiger partial charge in [-0.15, -0.1) is 10.2 Å². The zero-order valence-electron chi connectivity index (χ0n) is 24.7. The van der Waals surface area contributed by atoms with Gasteiger partial charge in [-0.25, -0.2) is 0 Å². The third-order valence-electron chi connectivity index (χ3n) is 7.29. The fraction of sp³-hybridized carbons (Fsp3) is 0.222. The number of aryl methyl sites for hydroxylation is 2. The number of nitrogens with zero attached hydrogens (tertiary/aromatic N) is 4. The molecule has 5 nitrogen and oxygen atoms in total. The fourth-order valence-corrected chi connectivity index (χ4v) is 4.80. The zero-order chi connectivity index (χ0) is 30.9. The van der Waals surface area contributed by atoms with Crippen LogP contribution in [0.2, 0.25) is 0 Å². The third-order valence-corrected chi connectivity index (χ3v) is 7.29. The van der Waals surface area contributed by atoms with Crippen molar-refractivity contribution in [3.8, 4) is 5.75 Å². The number of ether oxygens (including phenoxy) is 1. The van der Waals surface area contributed by atoms with Gasteiger partial charge in [0, 0.05) is 10.8 Å². The van der Waals surface area contributed by atoms with E-state index in [9.17, 15) is 13.2 Å². The Kier molecular flexibility index (Phi) is 9.79. The minimum absolute atomic E-state index is 0.124. The molecule has 0 fully saturated rings. The van der Waals surface area contributed by atoms with Gasteiger partial charge in [0.25, 0.3) is 0 Å². The van der Waals surface area contributed by atoms with Crippen LogP contribution in [0.3, 0.4) is 0 Å². The van der Waals surface area contributed by atoms with Gasteiger partial charge < -0.3 is 4.74 Å². The summed E-state index contributed by atoms with van der Waals surface area (Å²) in [6.07, 6.45) is 0.350. The highest BCUT2D eigenvalue weighted by Gasteiger charge is 2.32. The van der Waals surface area contributed by atoms with Gasteiger partial charge in [-0.3, -0.25) is 0 Å². The van der Waals surface area contributed by atoms with Gasteiger partial charge >= 0.3 is 6.18 Å². The maximum absolute atomic E-state index is 13.3. The molecule has 0 N–H and O–H groups in total. The number of benzene rings is 5. The molecule has 0 aromatic heterocycles. The lowest BCUT2D eigenvalue weighted by Gasteiger charge is -2.10. The molecular formula is C36H33F3N4O. The summed E-state index contributed by atoms with van der Waals surface area (Å²) in [6, 6.07) is 30.9. The van der Waals surface area contributed by atoms with Crippen molar-refractivity contribution in [3.05, 3.63) is 125 Å². The average Bonchev–Trinajstić information content (AvgIpc) is 3.03. The summed E-state index contributed by atoms with van der Waals surface area (Å²) in [7, 11) is 0. The minimum Gasteiger partial charge on any atom is -0.489 e. The van der Waals surface area contributed by atoms with Crippen molar-refractivity contribution in [2.24, 2.45) is 20.5 Å². The Bertz CT molecular complexity index is 1760. The van der Waals surface area contributed by atoms with E-state index in [0.29, 0.717) is 23.7 Å². The highest BCUT2D eigenvalue weighted by Crippen LogP contribution is 2.37. The van der Waals surface area contributed by atoms with Crippen LogP contribution in [0.1, 0.15) is 48.4 Å². The van der Waals surface area contributed by atoms with Crippen LogP contribution < -0.4 is 4.74 Å². The smallest absolute Gasteiger partial charge is 0.416 e. The second kappa shape index (κ2) is 14.1. The van der Waals surface area contributed by atoms with Crippen LogP contribution in [0, 0.1) is 6.92 Å². The summed E-state index contributed by atoms with van der Waals surface area (Å²) in [5.41, 5.74) is 3.82. The molecule has 0 amide bonds. The Morgan fingerprint density at radius 1 is 0.636 bits per heavy atom. The molecule has 44 heavy (non-hydrogen) atoms. The normalized spacial score (nSPS) is 12.0. The number of alkyl halides is 3. The maximum atomic E-state index is 13.3. The molecule has 0 saturated carbocycles. The SMILES string of the molecule is CCCCCc1ccc(COc2ccc(N=Nc3ccc(N=Nc4ccc(C)c(C(F)(F)F)c4)c4ccccc34)cc2)cc1. The molecule has 0 radical (unpaired) electrons. The molecule has 0 bridgehead atoms. The molecule has 0 unspecified atom stereocenters. The molecule has 0 saturated heterocycles. The van der Waals surface area contributed by atoms with E-state index in [2.05, 4.69) is 51.6 Å². The lowest BCUT2D eigenvalue weighted by atomic mass is 10.1. The Morgan fingerprint density at radius 3 is 1.84 bits per heavy atom. The van der Waals surface area contributed by atoms with Crippen molar-refractivity contribution < 1.29 is 17.9 Å². The van der Waals surface area contributed by atoms with Gasteiger partial charge in [-0.2, -0.15) is 23.4 Å². The van der Waals surface area contributed by atoms with Crippen LogP contribution in [0.4, 0.5) is 35.9 Å². The summed E-state index contributed by atoms with van der Waals surface area (Å²) in [4.78, 5) is 0. The van der Waals surface area contributed by atoms with E-state index >= 15 is 0 Å². The lowest BCUT2D eigenvalue weighted by Crippen LogP contribution is -2.06. The van der Waals surface area contributed by atoms with Crippen molar-refractivity contribution >= 4 is 33.5 Å². The van der Waals surface area contributed by atoms with Gasteiger partial charge in [-0.1, -0.05) is 74.4 Å². The first-order valence-corrected chi connectivity index (χ1v) is 14.6. The molecular weight excluding hydrogens is 561 g/mol. The van der Waals surface area contributed by atoms with E-state index in [0.717, 1.165) is 34.6 Å². The molecule has 5 aromatic rings. The third kappa shape index (κ3) is 7.95. The number of hydrogen-bond donors (Lipinski definition) is 0. The van der Waals surface area contributed by atoms with E-state index in [-0.39, 0.29) is 11.3 Å². The van der Waals surface area contributed by atoms with E-state index < -0.39 is 11.7 Å². The minimum atomic E-state index is -4.46. The van der Waals surface area contributed by atoms with Gasteiger partial charge in [0.1, 0.15) is 12.4 Å². The van der Waals surface area contributed by atoms with Crippen molar-refractivity contribution in [1.29, 1.82) is 0 Å². The summed E-state index contributed by atoms with van der Waals surface area (Å²) < 4.78 is 45.9. The molecule has 0 aliphatic heterocycles. The number of rotatable bonds is 11. The molecule has 0 aliphatic rings. The van der Waals surface area contributed by atoms with Crippen LogP contribution in [0.25, 0.3) is 10.8 Å². The van der Waals surface area contributed by atoms with Crippen molar-refractivity contribution in [2.45, 2.75) is 52.3 Å². The van der Waals surface area contributed by atoms with Crippen molar-refractivity contribution in [1.82, 2.24) is 0 Å². The number of azo groups is 2. The zero-order valence-corrected chi connectivity index (χ0v) is 24.7. The molecule has 0 atom stereocenters. The van der Waals surface area contributed by atoms with Gasteiger partial charge in [0.15, 0.2) is 0 Å². The van der Waals surface area contributed by atoms with Gasteiger partial charge in [-0.05, 0) is 85.0 Å². The van der Waals surface area contributed by atoms with E-state index in [1.165, 1.54) is 43.9 Å². The summed E-state index contributed by atoms with van der Waals surface area (Å²) in [5.74, 6) is 0.743. The number of halogens is 3. The standard InChI is InChI=1S/C36H33F3N4O/c1-3-4-5-8-26-12-14-27(15-13-26)24-44-30-19-17-28(18-20-30)40-42-34-21-22-35(32-10-7-6-9-31(32)34)43-41-29-16-11-25(2)33(23-29)36(37,38)39/h6-7,9-23H,3-5,8,24H2,1-2H3. The number of unbranched alkanes of at least 4 members (excludes halogenated alkanes) is 2. The molecule has 224 valence electrons. The van der Waals surface area contributed by atoms with Crippen molar-refractivity contribution in [2.75, 3.05) is 0 Å². The number of fused-ring (bicyclic) bond motifs is 1. The number of hydrogen-bond acceptors (Lipinski definition) is 5. The lowest BCUT2D eigenvalue weighted by molar-refractivity contribution is -0.138. The molecule has 0 heterocycles. The van der Waals surface area contributed by atoms with Crippen LogP contribution >= 0.6 is 0 Å². The second-order valence-corrected chi connectivity index (χ2v) is 10.6. The van der Waals surface area contributed by atoms with E-state index in [1.54, 1.807) is 12.1 Å². The first-order valence-electron chi connectivity index (χ1n) is 14.6. The van der Waals surface area contributed by atoms with Crippen LogP contribution in [-0.2, 0) is 19.2 Å². The van der Waals surface area contributed by atoms with Crippen molar-refractivity contribution in [3.63, 3.8) is 0 Å². The quantitative estimate of drug-likeness (QED) is 0.111. The summed E-state index contributed by atoms with van der Waals surface area (Å²) in [5, 5.41) is 18.8. The second-order valence-electron chi connectivity index (χ2n) is 10.6. The Balaban J connectivity index is 1.25. The highest BCUT2D eigenvalue weighted by molar-refractivity contribution is 5.99. The predicted octanol–water partition coefficient (Wildman–Crippen LogP) is 12.3. The fourth-order valence-electron chi connectivity index (χ4n) is 4.80. The Hall–Kier alpha value is -4.85. The van der Waals surface area contributed by atoms with Crippen LogP contribution in [0.15, 0.2) is 124 Å². The molecule has 8 heteroatoms. The molecule has 5 rings (SSSR count). The molecule has 0 aliphatic carbocycles. The summed E-state index contributed by atoms with van der Waals surface area (Å²) in [6.45, 7) is 4.12. The van der Waals surface area contributed by atoms with E-state index in [1.807, 2.05) is 48.5 Å². The monoisotopic (exact) mass is 594 g/mol. The topological polar surface area (TPSA) is 58.7 Å². The highest BCUT2D eigenvalue weighted by atomic mass is 19.4. The van der Waals surface area contributed by atoms with Gasteiger partial charge in [0.2, 0.25) is 0 Å². The first-order chi connectivity index (χ1) is 21.3. The van der Waals surface area contributed by atoms with Crippen LogP contribution in [-0.4, -0.2) is 0 Å². The van der Waals surface area contributed by atoms with Gasteiger partial charge in [0.05, 0.1) is 28.3 Å². The maximum Gasteiger partial charge on any atom is 0.416 e. The first kappa shape index (κ1) is 30.6. The Labute approximate surface area is 255 Å². The largest absolute Gasteiger partial charge is 0.489 e. The predicted molar refractivity (Wildman–Crippen MR) is 169 cm³/mol. The van der Waals surface area contributed by atoms with Crippen LogP contribution in [0.5, 0.6) is 5.75 Å². The molecule has 5 aromatic carbocycles. The molecule has 0 spiro atoms. The Morgan fingerprint density at radius 2 is 1.23 bits per heavy atom.